The normalized spacial score (nSPS) is 22.0. The van der Waals surface area contributed by atoms with Crippen LogP contribution in [-0.4, -0.2) is 36.6 Å². The van der Waals surface area contributed by atoms with Gasteiger partial charge in [0.15, 0.2) is 0 Å². The summed E-state index contributed by atoms with van der Waals surface area (Å²) in [6.45, 7) is 11.0. The second-order valence-electron chi connectivity index (χ2n) is 7.85. The number of rotatable bonds is 8. The van der Waals surface area contributed by atoms with Crippen molar-refractivity contribution < 1.29 is 0 Å². The lowest BCUT2D eigenvalue weighted by atomic mass is 9.75. The topological polar surface area (TPSA) is 39.1 Å². The molecule has 21 heavy (non-hydrogen) atoms. The quantitative estimate of drug-likeness (QED) is 0.736. The zero-order valence-corrected chi connectivity index (χ0v) is 14.8. The molecule has 0 radical (unpaired) electrons. The van der Waals surface area contributed by atoms with Crippen LogP contribution < -0.4 is 5.32 Å². The van der Waals surface area contributed by atoms with E-state index in [0.29, 0.717) is 5.41 Å². The maximum Gasteiger partial charge on any atom is 0.103 e. The summed E-state index contributed by atoms with van der Waals surface area (Å²) in [4.78, 5) is 2.52. The van der Waals surface area contributed by atoms with Crippen LogP contribution in [0.15, 0.2) is 0 Å². The zero-order valence-electron chi connectivity index (χ0n) is 14.8. The molecule has 0 spiro atoms. The highest BCUT2D eigenvalue weighted by molar-refractivity contribution is 5.03. The molecule has 1 saturated carbocycles. The summed E-state index contributed by atoms with van der Waals surface area (Å²) in [6.07, 6.45) is 8.45. The van der Waals surface area contributed by atoms with Crippen LogP contribution >= 0.6 is 0 Å². The minimum Gasteiger partial charge on any atom is -0.303 e. The molecular weight excluding hydrogens is 258 g/mol. The second-order valence-corrected chi connectivity index (χ2v) is 7.85. The summed E-state index contributed by atoms with van der Waals surface area (Å²) in [5.41, 5.74) is 0.187. The molecule has 0 aromatic carbocycles. The molecule has 1 aliphatic rings. The van der Waals surface area contributed by atoms with Crippen LogP contribution in [0.1, 0.15) is 72.6 Å². The Bertz CT molecular complexity index is 335. The highest BCUT2D eigenvalue weighted by atomic mass is 15.1. The van der Waals surface area contributed by atoms with Crippen LogP contribution in [0, 0.1) is 16.7 Å². The number of hydrogen-bond acceptors (Lipinski definition) is 3. The molecule has 0 aliphatic heterocycles. The van der Waals surface area contributed by atoms with Crippen molar-refractivity contribution in [1.82, 2.24) is 10.2 Å². The number of nitriles is 1. The third-order valence-electron chi connectivity index (χ3n) is 5.13. The van der Waals surface area contributed by atoms with Gasteiger partial charge in [-0.25, -0.2) is 0 Å². The van der Waals surface area contributed by atoms with E-state index in [9.17, 15) is 5.26 Å². The molecule has 0 heterocycles. The SMILES string of the molecule is CCCNC(C)(C#N)CCCN(C)C1CCC(C)(C)CC1. The van der Waals surface area contributed by atoms with Gasteiger partial charge in [0.1, 0.15) is 5.54 Å². The fraction of sp³-hybridized carbons (Fsp3) is 0.944. The van der Waals surface area contributed by atoms with Crippen LogP contribution in [0.25, 0.3) is 0 Å². The van der Waals surface area contributed by atoms with E-state index in [-0.39, 0.29) is 5.54 Å². The Morgan fingerprint density at radius 3 is 2.48 bits per heavy atom. The lowest BCUT2D eigenvalue weighted by Crippen LogP contribution is -2.42. The minimum absolute atomic E-state index is 0.356. The van der Waals surface area contributed by atoms with Gasteiger partial charge in [0.2, 0.25) is 0 Å². The fourth-order valence-electron chi connectivity index (χ4n) is 3.27. The minimum atomic E-state index is -0.356. The molecule has 0 bridgehead atoms. The molecule has 3 nitrogen and oxygen atoms in total. The van der Waals surface area contributed by atoms with Crippen molar-refractivity contribution in [2.75, 3.05) is 20.1 Å². The maximum atomic E-state index is 9.36. The second kappa shape index (κ2) is 8.15. The Balaban J connectivity index is 2.30. The first-order valence-corrected chi connectivity index (χ1v) is 8.68. The largest absolute Gasteiger partial charge is 0.303 e. The van der Waals surface area contributed by atoms with Crippen molar-refractivity contribution in [2.45, 2.75) is 84.2 Å². The molecule has 0 amide bonds. The van der Waals surface area contributed by atoms with Gasteiger partial charge in [0, 0.05) is 6.04 Å². The van der Waals surface area contributed by atoms with E-state index < -0.39 is 0 Å². The summed E-state index contributed by atoms with van der Waals surface area (Å²) in [6, 6.07) is 3.19. The van der Waals surface area contributed by atoms with E-state index in [2.05, 4.69) is 44.1 Å². The Morgan fingerprint density at radius 1 is 1.33 bits per heavy atom. The first kappa shape index (κ1) is 18.5. The molecule has 122 valence electrons. The molecule has 1 rings (SSSR count). The summed E-state index contributed by atoms with van der Waals surface area (Å²) >= 11 is 0. The lowest BCUT2D eigenvalue weighted by molar-refractivity contribution is 0.125. The molecule has 3 heteroatoms. The lowest BCUT2D eigenvalue weighted by Gasteiger charge is -2.39. The van der Waals surface area contributed by atoms with Crippen molar-refractivity contribution >= 4 is 0 Å². The van der Waals surface area contributed by atoms with Gasteiger partial charge in [-0.1, -0.05) is 20.8 Å². The molecule has 0 saturated heterocycles. The summed E-state index contributed by atoms with van der Waals surface area (Å²) < 4.78 is 0. The van der Waals surface area contributed by atoms with Crippen molar-refractivity contribution in [1.29, 1.82) is 5.26 Å². The predicted molar refractivity (Wildman–Crippen MR) is 90.2 cm³/mol. The number of hydrogen-bond donors (Lipinski definition) is 1. The smallest absolute Gasteiger partial charge is 0.103 e. The van der Waals surface area contributed by atoms with Crippen LogP contribution in [0.2, 0.25) is 0 Å². The molecule has 1 fully saturated rings. The molecule has 0 aromatic heterocycles. The van der Waals surface area contributed by atoms with Crippen molar-refractivity contribution in [3.63, 3.8) is 0 Å². The van der Waals surface area contributed by atoms with Crippen molar-refractivity contribution in [3.8, 4) is 6.07 Å². The molecule has 1 unspecified atom stereocenters. The Kier molecular flexibility index (Phi) is 7.16. The van der Waals surface area contributed by atoms with E-state index in [4.69, 9.17) is 0 Å². The van der Waals surface area contributed by atoms with Gasteiger partial charge in [-0.2, -0.15) is 5.26 Å². The van der Waals surface area contributed by atoms with E-state index >= 15 is 0 Å². The number of nitrogens with zero attached hydrogens (tertiary/aromatic N) is 2. The van der Waals surface area contributed by atoms with Crippen molar-refractivity contribution in [3.05, 3.63) is 0 Å². The van der Waals surface area contributed by atoms with Gasteiger partial charge in [0.05, 0.1) is 6.07 Å². The van der Waals surface area contributed by atoms with Crippen LogP contribution in [0.5, 0.6) is 0 Å². The third kappa shape index (κ3) is 6.36. The summed E-state index contributed by atoms with van der Waals surface area (Å²) in [7, 11) is 2.26. The monoisotopic (exact) mass is 293 g/mol. The van der Waals surface area contributed by atoms with Gasteiger partial charge in [-0.05, 0) is 77.4 Å². The maximum absolute atomic E-state index is 9.36. The van der Waals surface area contributed by atoms with Gasteiger partial charge in [-0.3, -0.25) is 5.32 Å². The molecule has 1 atom stereocenters. The average molecular weight is 293 g/mol. The fourth-order valence-corrected chi connectivity index (χ4v) is 3.27. The van der Waals surface area contributed by atoms with E-state index in [1.807, 2.05) is 6.92 Å². The third-order valence-corrected chi connectivity index (χ3v) is 5.13. The molecular formula is C18H35N3. The van der Waals surface area contributed by atoms with Crippen LogP contribution in [-0.2, 0) is 0 Å². The molecule has 0 aromatic rings. The Hall–Kier alpha value is -0.590. The van der Waals surface area contributed by atoms with E-state index in [1.165, 1.54) is 25.7 Å². The average Bonchev–Trinajstić information content (AvgIpc) is 2.45. The van der Waals surface area contributed by atoms with Gasteiger partial charge < -0.3 is 4.90 Å². The summed E-state index contributed by atoms with van der Waals surface area (Å²) in [5.74, 6) is 0. The molecule has 1 aliphatic carbocycles. The number of nitrogens with one attached hydrogen (secondary N) is 1. The highest BCUT2D eigenvalue weighted by Gasteiger charge is 2.29. The van der Waals surface area contributed by atoms with E-state index in [1.54, 1.807) is 0 Å². The van der Waals surface area contributed by atoms with Crippen LogP contribution in [0.4, 0.5) is 0 Å². The Morgan fingerprint density at radius 2 is 1.95 bits per heavy atom. The standard InChI is InChI=1S/C18H35N3/c1-6-13-20-18(4,15-19)10-7-14-21(5)16-8-11-17(2,3)12-9-16/h16,20H,6-14H2,1-5H3. The zero-order chi connectivity index (χ0) is 15.9. The predicted octanol–water partition coefficient (Wildman–Crippen LogP) is 3.95. The van der Waals surface area contributed by atoms with Gasteiger partial charge >= 0.3 is 0 Å². The van der Waals surface area contributed by atoms with Gasteiger partial charge in [0.25, 0.3) is 0 Å². The first-order valence-electron chi connectivity index (χ1n) is 8.68. The molecule has 1 N–H and O–H groups in total. The van der Waals surface area contributed by atoms with Crippen LogP contribution in [0.3, 0.4) is 0 Å². The highest BCUT2D eigenvalue weighted by Crippen LogP contribution is 2.36. The first-order chi connectivity index (χ1) is 9.82. The van der Waals surface area contributed by atoms with Crippen molar-refractivity contribution in [2.24, 2.45) is 5.41 Å². The Labute approximate surface area is 132 Å². The van der Waals surface area contributed by atoms with Gasteiger partial charge in [-0.15, -0.1) is 0 Å². The van der Waals surface area contributed by atoms with E-state index in [0.717, 1.165) is 38.4 Å². The summed E-state index contributed by atoms with van der Waals surface area (Å²) in [5, 5.41) is 12.7.